The maximum atomic E-state index is 5.11. The summed E-state index contributed by atoms with van der Waals surface area (Å²) in [6, 6.07) is 72.2. The summed E-state index contributed by atoms with van der Waals surface area (Å²) in [4.78, 5) is 2.30. The third-order valence-corrected chi connectivity index (χ3v) is 11.2. The monoisotopic (exact) mass is 707 g/mol. The Kier molecular flexibility index (Phi) is 7.29. The van der Waals surface area contributed by atoms with E-state index in [2.05, 4.69) is 215 Å². The summed E-state index contributed by atoms with van der Waals surface area (Å²) in [5.41, 5.74) is 11.8. The van der Waals surface area contributed by atoms with Crippen LogP contribution in [0.5, 0.6) is 5.75 Å². The molecule has 1 atom stereocenters. The first kappa shape index (κ1) is 31.4. The first-order valence-corrected chi connectivity index (χ1v) is 18.9. The van der Waals surface area contributed by atoms with Crippen LogP contribution in [0.3, 0.4) is 0 Å². The molecule has 4 nitrogen and oxygen atoms in total. The number of ether oxygens (including phenoxy) is 1. The molecule has 0 radical (unpaired) electrons. The van der Waals surface area contributed by atoms with E-state index in [4.69, 9.17) is 4.74 Å². The van der Waals surface area contributed by atoms with Crippen LogP contribution in [-0.2, 0) is 0 Å². The lowest BCUT2D eigenvalue weighted by Gasteiger charge is -2.25. The van der Waals surface area contributed by atoms with Gasteiger partial charge in [0.1, 0.15) is 5.56 Å². The number of hydrogen-bond acceptors (Lipinski definition) is 1. The molecule has 0 fully saturated rings. The maximum Gasteiger partial charge on any atom is 0.344 e. The van der Waals surface area contributed by atoms with Gasteiger partial charge < -0.3 is 14.2 Å². The van der Waals surface area contributed by atoms with Crippen LogP contribution < -0.4 is 10.2 Å². The average Bonchev–Trinajstić information content (AvgIpc) is 3.84. The van der Waals surface area contributed by atoms with E-state index in [-0.39, 0.29) is 6.23 Å². The zero-order valence-electron chi connectivity index (χ0n) is 30.0. The van der Waals surface area contributed by atoms with Crippen molar-refractivity contribution in [3.8, 4) is 22.6 Å². The van der Waals surface area contributed by atoms with Crippen molar-refractivity contribution in [2.24, 2.45) is 0 Å². The molecule has 0 spiro atoms. The molecule has 0 bridgehead atoms. The Morgan fingerprint density at radius 3 is 1.84 bits per heavy atom. The van der Waals surface area contributed by atoms with E-state index < -0.39 is 0 Å². The zero-order valence-corrected chi connectivity index (χ0v) is 30.0. The molecule has 1 aliphatic rings. The van der Waals surface area contributed by atoms with Crippen molar-refractivity contribution in [2.45, 2.75) is 6.23 Å². The minimum atomic E-state index is 0.0371. The molecule has 3 N–H and O–H groups in total. The van der Waals surface area contributed by atoms with Crippen LogP contribution in [0.15, 0.2) is 200 Å². The highest BCUT2D eigenvalue weighted by Crippen LogP contribution is 2.42. The molecule has 0 saturated carbocycles. The summed E-state index contributed by atoms with van der Waals surface area (Å²) in [6.45, 7) is 0. The summed E-state index contributed by atoms with van der Waals surface area (Å²) in [5, 5.41) is 9.81. The second-order valence-electron chi connectivity index (χ2n) is 14.4. The number of aliphatic hydroxyl groups is 1. The van der Waals surface area contributed by atoms with Crippen LogP contribution in [-0.4, -0.2) is 9.30 Å². The number of aromatic nitrogens is 1. The molecule has 4 heteroatoms. The predicted molar refractivity (Wildman–Crippen MR) is 228 cm³/mol. The van der Waals surface area contributed by atoms with Gasteiger partial charge in [-0.2, -0.15) is 0 Å². The van der Waals surface area contributed by atoms with Gasteiger partial charge in [0.05, 0.1) is 16.4 Å². The Hall–Kier alpha value is -7.14. The number of aromatic hydroxyl groups is 1. The van der Waals surface area contributed by atoms with Crippen LogP contribution in [0.2, 0.25) is 0 Å². The van der Waals surface area contributed by atoms with E-state index in [9.17, 15) is 0 Å². The van der Waals surface area contributed by atoms with Crippen molar-refractivity contribution in [3.63, 3.8) is 0 Å². The molecule has 1 aromatic heterocycles. The lowest BCUT2D eigenvalue weighted by Crippen LogP contribution is -2.77. The maximum absolute atomic E-state index is 5.11. The van der Waals surface area contributed by atoms with E-state index in [1.165, 1.54) is 65.7 Å². The van der Waals surface area contributed by atoms with Crippen LogP contribution in [0.1, 0.15) is 11.8 Å². The second kappa shape index (κ2) is 12.8. The van der Waals surface area contributed by atoms with Crippen LogP contribution in [0, 0.1) is 0 Å². The zero-order chi connectivity index (χ0) is 36.3. The van der Waals surface area contributed by atoms with Crippen molar-refractivity contribution in [1.29, 1.82) is 0 Å². The molecule has 2 heterocycles. The Bertz CT molecular complexity index is 2990. The normalized spacial score (nSPS) is 13.7. The van der Waals surface area contributed by atoms with Gasteiger partial charge in [-0.15, -0.1) is 0 Å². The van der Waals surface area contributed by atoms with Crippen LogP contribution in [0.25, 0.3) is 60.2 Å². The third kappa shape index (κ3) is 5.26. The Morgan fingerprint density at radius 2 is 1.07 bits per heavy atom. The fraction of sp³-hybridized carbons (Fsp3) is 0.0196. The minimum Gasteiger partial charge on any atom is -0.532 e. The van der Waals surface area contributed by atoms with Gasteiger partial charge >= 0.3 is 12.0 Å². The van der Waals surface area contributed by atoms with E-state index in [1.807, 2.05) is 0 Å². The number of quaternary nitrogens is 1. The van der Waals surface area contributed by atoms with Gasteiger partial charge in [0.25, 0.3) is 0 Å². The van der Waals surface area contributed by atoms with Gasteiger partial charge in [0.15, 0.2) is 0 Å². The van der Waals surface area contributed by atoms with Crippen molar-refractivity contribution >= 4 is 66.1 Å². The molecule has 1 aliphatic heterocycles. The van der Waals surface area contributed by atoms with Crippen molar-refractivity contribution < 1.29 is 10.1 Å². The molecule has 0 aliphatic carbocycles. The number of nitrogens with two attached hydrogens (primary N) is 1. The Morgan fingerprint density at radius 1 is 0.455 bits per heavy atom. The molecule has 0 amide bonds. The lowest BCUT2D eigenvalue weighted by atomic mass is 9.99. The number of nitrogens with zero attached hydrogens (tertiary/aromatic N) is 2. The molecule has 9 aromatic carbocycles. The molecule has 1 unspecified atom stereocenters. The SMILES string of the molecule is c1ccc(C2[NH2+]c3c(ccc4ccc5cc(-n6c7ccccc7c7cc(-c8ccc(N(c9ccccc9)c9ccccc9)cc8)ccc76)ccc5c34)[OH+]2)cc1. The summed E-state index contributed by atoms with van der Waals surface area (Å²) in [7, 11) is 0. The van der Waals surface area contributed by atoms with Gasteiger partial charge in [0.2, 0.25) is 5.69 Å². The highest BCUT2D eigenvalue weighted by Gasteiger charge is 2.35. The first-order valence-electron chi connectivity index (χ1n) is 18.9. The number of anilines is 3. The molecular formula is C51H37N3O+2. The Balaban J connectivity index is 0.983. The highest BCUT2D eigenvalue weighted by atomic mass is 16.5. The molecular weight excluding hydrogens is 671 g/mol. The minimum absolute atomic E-state index is 0.0371. The van der Waals surface area contributed by atoms with Crippen molar-refractivity contribution in [1.82, 2.24) is 4.57 Å². The smallest absolute Gasteiger partial charge is 0.344 e. The number of hydrogen-bond donors (Lipinski definition) is 1. The van der Waals surface area contributed by atoms with Gasteiger partial charge in [0, 0.05) is 39.6 Å². The number of para-hydroxylation sites is 3. The van der Waals surface area contributed by atoms with Crippen LogP contribution >= 0.6 is 0 Å². The summed E-state index contributed by atoms with van der Waals surface area (Å²) >= 11 is 0. The number of rotatable bonds is 6. The number of benzene rings is 9. The summed E-state index contributed by atoms with van der Waals surface area (Å²) in [6.07, 6.45) is 0.0371. The lowest BCUT2D eigenvalue weighted by molar-refractivity contribution is -0.656. The Labute approximate surface area is 319 Å². The average molecular weight is 708 g/mol. The highest BCUT2D eigenvalue weighted by molar-refractivity contribution is 6.14. The quantitative estimate of drug-likeness (QED) is 0.0794. The topological polar surface area (TPSA) is 37.6 Å². The fourth-order valence-corrected chi connectivity index (χ4v) is 8.58. The third-order valence-electron chi connectivity index (χ3n) is 11.2. The summed E-state index contributed by atoms with van der Waals surface area (Å²) in [5.74, 6) is 1.07. The molecule has 0 saturated heterocycles. The molecule has 11 rings (SSSR count). The van der Waals surface area contributed by atoms with Gasteiger partial charge in [-0.25, -0.2) is 5.32 Å². The van der Waals surface area contributed by atoms with Gasteiger partial charge in [-0.1, -0.05) is 109 Å². The molecule has 10 aromatic rings. The predicted octanol–water partition coefficient (Wildman–Crippen LogP) is 12.4. The van der Waals surface area contributed by atoms with E-state index >= 15 is 0 Å². The fourth-order valence-electron chi connectivity index (χ4n) is 8.58. The molecule has 55 heavy (non-hydrogen) atoms. The van der Waals surface area contributed by atoms with Crippen molar-refractivity contribution in [2.75, 3.05) is 4.90 Å². The number of fused-ring (bicyclic) bond motifs is 8. The van der Waals surface area contributed by atoms with E-state index in [0.29, 0.717) is 0 Å². The van der Waals surface area contributed by atoms with E-state index in [1.54, 1.807) is 0 Å². The molecule has 260 valence electrons. The van der Waals surface area contributed by atoms with E-state index in [0.717, 1.165) is 28.5 Å². The second-order valence-corrected chi connectivity index (χ2v) is 14.4. The standard InChI is InChI=1S/C51H35N3O/c1-4-12-36(13-5-1)51-52-50-48(55-51)31-25-35-20-21-38-32-42(28-29-43(38)49(35)50)54-46-19-11-10-18-44(46)45-33-37(24-30-47(45)54)34-22-26-41(27-23-34)53(39-14-6-2-7-15-39)40-16-8-3-9-17-40/h1-33,51-52H/p+2. The van der Waals surface area contributed by atoms with Gasteiger partial charge in [-0.05, 0) is 112 Å². The largest absolute Gasteiger partial charge is 0.532 e. The van der Waals surface area contributed by atoms with Gasteiger partial charge in [-0.3, -0.25) is 0 Å². The summed E-state index contributed by atoms with van der Waals surface area (Å²) < 4.78 is 7.53. The van der Waals surface area contributed by atoms with Crippen molar-refractivity contribution in [3.05, 3.63) is 206 Å². The van der Waals surface area contributed by atoms with Crippen LogP contribution in [0.4, 0.5) is 22.7 Å². The first-order chi connectivity index (χ1) is 27.3.